The highest BCUT2D eigenvalue weighted by atomic mass is 35.5. The molecule has 1 aliphatic heterocycles. The van der Waals surface area contributed by atoms with Gasteiger partial charge in [0.05, 0.1) is 41.5 Å². The number of carbonyl (C=O) groups is 2. The summed E-state index contributed by atoms with van der Waals surface area (Å²) in [5.74, 6) is -0.464. The van der Waals surface area contributed by atoms with Crippen LogP contribution in [0.3, 0.4) is 0 Å². The number of aryl methyl sites for hydroxylation is 2. The van der Waals surface area contributed by atoms with Crippen LogP contribution in [0.4, 0.5) is 5.69 Å². The summed E-state index contributed by atoms with van der Waals surface area (Å²) in [6, 6.07) is -0.595. The molecule has 28 heavy (non-hydrogen) atoms. The number of anilines is 1. The minimum absolute atomic E-state index is 0.167. The number of hydrogen-bond donors (Lipinski definition) is 1. The van der Waals surface area contributed by atoms with Gasteiger partial charge in [0.2, 0.25) is 5.91 Å². The van der Waals surface area contributed by atoms with E-state index in [1.807, 2.05) is 13.8 Å². The predicted octanol–water partition coefficient (Wildman–Crippen LogP) is 2.04. The Balaban J connectivity index is 1.83. The second-order valence-corrected chi connectivity index (χ2v) is 7.10. The van der Waals surface area contributed by atoms with Crippen molar-refractivity contribution in [1.82, 2.24) is 24.5 Å². The molecule has 2 amide bonds. The van der Waals surface area contributed by atoms with E-state index in [0.717, 1.165) is 5.69 Å². The average molecular weight is 409 g/mol. The van der Waals surface area contributed by atoms with Gasteiger partial charge in [-0.05, 0) is 27.7 Å². The van der Waals surface area contributed by atoms with Crippen molar-refractivity contribution in [1.29, 1.82) is 0 Å². The van der Waals surface area contributed by atoms with E-state index in [0.29, 0.717) is 54.9 Å². The third-order valence-electron chi connectivity index (χ3n) is 4.88. The molecule has 1 N–H and O–H groups in total. The molecule has 0 aliphatic carbocycles. The number of morpholine rings is 1. The first-order chi connectivity index (χ1) is 13.3. The summed E-state index contributed by atoms with van der Waals surface area (Å²) >= 11 is 6.19. The van der Waals surface area contributed by atoms with Gasteiger partial charge in [-0.1, -0.05) is 11.6 Å². The van der Waals surface area contributed by atoms with Crippen LogP contribution in [0.1, 0.15) is 41.8 Å². The molecule has 1 fully saturated rings. The first-order valence-corrected chi connectivity index (χ1v) is 9.67. The summed E-state index contributed by atoms with van der Waals surface area (Å²) in [6.45, 7) is 9.80. The lowest BCUT2D eigenvalue weighted by Gasteiger charge is -2.27. The monoisotopic (exact) mass is 408 g/mol. The number of ether oxygens (including phenoxy) is 1. The molecule has 0 saturated carbocycles. The number of amides is 2. The lowest BCUT2D eigenvalue weighted by molar-refractivity contribution is -0.119. The number of hydrogen-bond acceptors (Lipinski definition) is 5. The molecular formula is C18H25ClN6O3. The Morgan fingerprint density at radius 1 is 1.32 bits per heavy atom. The minimum atomic E-state index is -0.595. The van der Waals surface area contributed by atoms with Crippen molar-refractivity contribution in [3.05, 3.63) is 28.3 Å². The topological polar surface area (TPSA) is 94.3 Å². The molecule has 1 aliphatic rings. The van der Waals surface area contributed by atoms with Gasteiger partial charge in [0.15, 0.2) is 0 Å². The maximum Gasteiger partial charge on any atom is 0.274 e. The van der Waals surface area contributed by atoms with Gasteiger partial charge in [-0.2, -0.15) is 10.2 Å². The largest absolute Gasteiger partial charge is 0.378 e. The fraction of sp³-hybridized carbons (Fsp3) is 0.556. The zero-order valence-corrected chi connectivity index (χ0v) is 17.3. The first-order valence-electron chi connectivity index (χ1n) is 9.30. The third-order valence-corrected chi connectivity index (χ3v) is 5.43. The molecule has 0 bridgehead atoms. The lowest BCUT2D eigenvalue weighted by atomic mass is 10.2. The molecule has 0 radical (unpaired) electrons. The van der Waals surface area contributed by atoms with E-state index in [2.05, 4.69) is 15.5 Å². The Morgan fingerprint density at radius 2 is 2.00 bits per heavy atom. The third kappa shape index (κ3) is 3.77. The van der Waals surface area contributed by atoms with E-state index in [1.54, 1.807) is 28.1 Å². The highest BCUT2D eigenvalue weighted by Gasteiger charge is 2.28. The highest BCUT2D eigenvalue weighted by Crippen LogP contribution is 2.24. The molecule has 152 valence electrons. The molecule has 0 spiro atoms. The number of aromatic nitrogens is 4. The Kier molecular flexibility index (Phi) is 6.04. The van der Waals surface area contributed by atoms with Gasteiger partial charge in [0.25, 0.3) is 5.91 Å². The van der Waals surface area contributed by atoms with Crippen molar-refractivity contribution in [3.63, 3.8) is 0 Å². The molecule has 9 nitrogen and oxygen atoms in total. The SMILES string of the molecule is CCn1ncc(NC(=O)C(C)n2nc(C)c(Cl)c2C)c1C(=O)N1CCOCC1. The van der Waals surface area contributed by atoms with Gasteiger partial charge in [0, 0.05) is 19.6 Å². The molecule has 3 rings (SSSR count). The van der Waals surface area contributed by atoms with Crippen molar-refractivity contribution >= 4 is 29.1 Å². The normalized spacial score (nSPS) is 15.5. The van der Waals surface area contributed by atoms with E-state index >= 15 is 0 Å². The van der Waals surface area contributed by atoms with Gasteiger partial charge >= 0.3 is 0 Å². The van der Waals surface area contributed by atoms with Crippen molar-refractivity contribution in [3.8, 4) is 0 Å². The summed E-state index contributed by atoms with van der Waals surface area (Å²) in [4.78, 5) is 27.6. The summed E-state index contributed by atoms with van der Waals surface area (Å²) in [5.41, 5.74) is 2.15. The van der Waals surface area contributed by atoms with Gasteiger partial charge in [0.1, 0.15) is 11.7 Å². The molecule has 1 saturated heterocycles. The fourth-order valence-electron chi connectivity index (χ4n) is 3.23. The first kappa shape index (κ1) is 20.3. The second kappa shape index (κ2) is 8.32. The Bertz CT molecular complexity index is 884. The lowest BCUT2D eigenvalue weighted by Crippen LogP contribution is -2.42. The van der Waals surface area contributed by atoms with Gasteiger partial charge in [-0.3, -0.25) is 19.0 Å². The molecule has 10 heteroatoms. The van der Waals surface area contributed by atoms with E-state index in [1.165, 1.54) is 6.20 Å². The molecular weight excluding hydrogens is 384 g/mol. The minimum Gasteiger partial charge on any atom is -0.378 e. The number of carbonyl (C=O) groups excluding carboxylic acids is 2. The average Bonchev–Trinajstić information content (AvgIpc) is 3.23. The van der Waals surface area contributed by atoms with Gasteiger partial charge in [-0.15, -0.1) is 0 Å². The molecule has 2 aromatic rings. The van der Waals surface area contributed by atoms with Crippen molar-refractivity contribution in [2.24, 2.45) is 0 Å². The van der Waals surface area contributed by atoms with Crippen LogP contribution in [0, 0.1) is 13.8 Å². The van der Waals surface area contributed by atoms with Crippen molar-refractivity contribution in [2.75, 3.05) is 31.6 Å². The molecule has 1 unspecified atom stereocenters. The summed E-state index contributed by atoms with van der Waals surface area (Å²) in [6.07, 6.45) is 1.51. The van der Waals surface area contributed by atoms with Gasteiger partial charge < -0.3 is 15.0 Å². The number of halogens is 1. The summed E-state index contributed by atoms with van der Waals surface area (Å²) in [7, 11) is 0. The van der Waals surface area contributed by atoms with Crippen LogP contribution in [-0.2, 0) is 16.1 Å². The van der Waals surface area contributed by atoms with Crippen LogP contribution in [-0.4, -0.2) is 62.6 Å². The van der Waals surface area contributed by atoms with Gasteiger partial charge in [-0.25, -0.2) is 0 Å². The van der Waals surface area contributed by atoms with Crippen LogP contribution >= 0.6 is 11.6 Å². The van der Waals surface area contributed by atoms with E-state index < -0.39 is 6.04 Å². The molecule has 0 aromatic carbocycles. The van der Waals surface area contributed by atoms with Crippen molar-refractivity contribution in [2.45, 2.75) is 40.3 Å². The fourth-order valence-corrected chi connectivity index (χ4v) is 3.35. The second-order valence-electron chi connectivity index (χ2n) is 6.72. The van der Waals surface area contributed by atoms with Crippen LogP contribution in [0.25, 0.3) is 0 Å². The summed E-state index contributed by atoms with van der Waals surface area (Å²) in [5, 5.41) is 12.0. The zero-order chi connectivity index (χ0) is 20.4. The molecule has 2 aromatic heterocycles. The Morgan fingerprint density at radius 3 is 2.57 bits per heavy atom. The van der Waals surface area contributed by atoms with Crippen LogP contribution < -0.4 is 5.32 Å². The van der Waals surface area contributed by atoms with Crippen LogP contribution in [0.15, 0.2) is 6.20 Å². The predicted molar refractivity (Wildman–Crippen MR) is 105 cm³/mol. The number of rotatable bonds is 5. The molecule has 3 heterocycles. The zero-order valence-electron chi connectivity index (χ0n) is 16.5. The Hall–Kier alpha value is -2.39. The van der Waals surface area contributed by atoms with E-state index in [-0.39, 0.29) is 11.8 Å². The van der Waals surface area contributed by atoms with Crippen LogP contribution in [0.5, 0.6) is 0 Å². The van der Waals surface area contributed by atoms with E-state index in [9.17, 15) is 9.59 Å². The van der Waals surface area contributed by atoms with E-state index in [4.69, 9.17) is 16.3 Å². The number of nitrogens with zero attached hydrogens (tertiary/aromatic N) is 5. The quantitative estimate of drug-likeness (QED) is 0.816. The number of nitrogens with one attached hydrogen (secondary N) is 1. The molecule has 1 atom stereocenters. The standard InChI is InChI=1S/C18H25ClN6O3/c1-5-24-16(18(27)23-6-8-28-9-7-23)14(10-20-24)21-17(26)13(4)25-12(3)15(19)11(2)22-25/h10,13H,5-9H2,1-4H3,(H,21,26). The Labute approximate surface area is 168 Å². The van der Waals surface area contributed by atoms with Crippen molar-refractivity contribution < 1.29 is 14.3 Å². The summed E-state index contributed by atoms with van der Waals surface area (Å²) < 4.78 is 8.49. The van der Waals surface area contributed by atoms with Crippen LogP contribution in [0.2, 0.25) is 5.02 Å². The maximum atomic E-state index is 13.0. The smallest absolute Gasteiger partial charge is 0.274 e. The maximum absolute atomic E-state index is 13.0. The highest BCUT2D eigenvalue weighted by molar-refractivity contribution is 6.31.